The second kappa shape index (κ2) is 14.1. The number of anilines is 1. The summed E-state index contributed by atoms with van der Waals surface area (Å²) in [5.74, 6) is -0.306. The molecule has 0 radical (unpaired) electrons. The van der Waals surface area contributed by atoms with Gasteiger partial charge in [0, 0.05) is 34.6 Å². The molecule has 46 heavy (non-hydrogen) atoms. The summed E-state index contributed by atoms with van der Waals surface area (Å²) in [6.07, 6.45) is 8.84. The van der Waals surface area contributed by atoms with Crippen LogP contribution in [0.5, 0.6) is 10.9 Å². The van der Waals surface area contributed by atoms with Crippen molar-refractivity contribution in [3.8, 4) is 22.1 Å². The van der Waals surface area contributed by atoms with Crippen molar-refractivity contribution >= 4 is 45.8 Å². The van der Waals surface area contributed by atoms with Gasteiger partial charge in [0.1, 0.15) is 12.4 Å². The Morgan fingerprint density at radius 1 is 0.957 bits per heavy atom. The number of rotatable bonds is 12. The van der Waals surface area contributed by atoms with E-state index in [1.807, 2.05) is 42.5 Å². The van der Waals surface area contributed by atoms with Crippen molar-refractivity contribution in [1.29, 1.82) is 0 Å². The number of para-hydroxylation sites is 1. The maximum Gasteiger partial charge on any atom is 0.296 e. The molecule has 0 fully saturated rings. The lowest BCUT2D eigenvalue weighted by molar-refractivity contribution is 0.0651. The molecule has 2 aromatic carbocycles. The molecule has 1 aliphatic carbocycles. The molecule has 0 bridgehead atoms. The van der Waals surface area contributed by atoms with Crippen LogP contribution in [0.1, 0.15) is 62.5 Å². The fourth-order valence-electron chi connectivity index (χ4n) is 5.34. The zero-order valence-corrected chi connectivity index (χ0v) is 26.6. The van der Waals surface area contributed by atoms with Crippen molar-refractivity contribution < 1.29 is 23.9 Å². The van der Waals surface area contributed by atoms with Gasteiger partial charge in [-0.05, 0) is 79.4 Å². The van der Waals surface area contributed by atoms with Crippen LogP contribution in [0.3, 0.4) is 0 Å². The lowest BCUT2D eigenvalue weighted by Gasteiger charge is -2.15. The zero-order valence-electron chi connectivity index (χ0n) is 25.0. The quantitative estimate of drug-likeness (QED) is 0.132. The summed E-state index contributed by atoms with van der Waals surface area (Å²) >= 11 is 7.17. The zero-order chi connectivity index (χ0) is 32.0. The minimum absolute atomic E-state index is 0.258. The predicted octanol–water partition coefficient (Wildman–Crippen LogP) is 6.70. The van der Waals surface area contributed by atoms with Gasteiger partial charge in [0.15, 0.2) is 0 Å². The summed E-state index contributed by atoms with van der Waals surface area (Å²) in [6, 6.07) is 16.2. The van der Waals surface area contributed by atoms with Gasteiger partial charge in [-0.3, -0.25) is 29.6 Å². The minimum atomic E-state index is -0.400. The Kier molecular flexibility index (Phi) is 9.51. The number of aromatic nitrogens is 3. The number of nitrogens with one attached hydrogen (secondary N) is 1. The minimum Gasteiger partial charge on any atom is -0.496 e. The van der Waals surface area contributed by atoms with Gasteiger partial charge < -0.3 is 9.47 Å². The van der Waals surface area contributed by atoms with Gasteiger partial charge in [-0.2, -0.15) is 0 Å². The fourth-order valence-corrected chi connectivity index (χ4v) is 6.08. The first-order valence-corrected chi connectivity index (χ1v) is 16.0. The van der Waals surface area contributed by atoms with Crippen LogP contribution in [-0.2, 0) is 6.42 Å². The number of ether oxygens (including phenoxy) is 2. The highest BCUT2D eigenvalue weighted by atomic mass is 35.5. The van der Waals surface area contributed by atoms with Crippen molar-refractivity contribution in [2.75, 3.05) is 25.6 Å². The number of nitrogens with zero attached hydrogens (tertiary/aromatic N) is 4. The average Bonchev–Trinajstić information content (AvgIpc) is 3.63. The number of fused-ring (bicyclic) bond motifs is 1. The number of aryl methyl sites for hydroxylation is 1. The van der Waals surface area contributed by atoms with E-state index >= 15 is 0 Å². The number of pyridine rings is 1. The van der Waals surface area contributed by atoms with Crippen molar-refractivity contribution in [3.05, 3.63) is 106 Å². The molecular formula is C34H30ClN5O5S. The largest absolute Gasteiger partial charge is 0.496 e. The molecule has 0 saturated heterocycles. The number of carbonyl (C=O) groups is 3. The molecule has 6 rings (SSSR count). The Morgan fingerprint density at radius 2 is 1.70 bits per heavy atom. The van der Waals surface area contributed by atoms with E-state index in [2.05, 4.69) is 20.5 Å². The number of unbranched alkanes of at least 4 members (excludes halogenated alkanes) is 1. The molecule has 3 heterocycles. The van der Waals surface area contributed by atoms with Crippen LogP contribution in [0.4, 0.5) is 5.13 Å². The number of amides is 3. The Labute approximate surface area is 274 Å². The first kappa shape index (κ1) is 31.1. The summed E-state index contributed by atoms with van der Waals surface area (Å²) in [5, 5.41) is 12.4. The van der Waals surface area contributed by atoms with Crippen LogP contribution >= 0.6 is 22.9 Å². The third-order valence-corrected chi connectivity index (χ3v) is 8.80. The van der Waals surface area contributed by atoms with Crippen LogP contribution in [0, 0.1) is 0 Å². The van der Waals surface area contributed by atoms with E-state index in [9.17, 15) is 14.4 Å². The van der Waals surface area contributed by atoms with Gasteiger partial charge in [-0.15, -0.1) is 5.10 Å². The Balaban J connectivity index is 1.13. The van der Waals surface area contributed by atoms with Gasteiger partial charge in [0.05, 0.1) is 23.8 Å². The van der Waals surface area contributed by atoms with Gasteiger partial charge in [0.25, 0.3) is 22.9 Å². The van der Waals surface area contributed by atoms with Gasteiger partial charge in [-0.1, -0.05) is 53.1 Å². The molecule has 0 spiro atoms. The Hall–Kier alpha value is -4.87. The summed E-state index contributed by atoms with van der Waals surface area (Å²) in [5.41, 5.74) is 4.48. The van der Waals surface area contributed by atoms with E-state index in [-0.39, 0.29) is 11.8 Å². The molecule has 0 unspecified atom stereocenters. The fraction of sp³-hybridized carbons (Fsp3) is 0.235. The normalized spacial score (nSPS) is 14.1. The molecule has 4 aromatic rings. The first-order chi connectivity index (χ1) is 22.4. The summed E-state index contributed by atoms with van der Waals surface area (Å²) in [6.45, 7) is 0.688. The number of halogens is 1. The number of imide groups is 1. The van der Waals surface area contributed by atoms with Gasteiger partial charge in [-0.25, -0.2) is 0 Å². The summed E-state index contributed by atoms with van der Waals surface area (Å²) in [7, 11) is 1.58. The number of hydrogen-bond donors (Lipinski definition) is 1. The van der Waals surface area contributed by atoms with E-state index in [1.54, 1.807) is 37.6 Å². The predicted molar refractivity (Wildman–Crippen MR) is 176 cm³/mol. The third-order valence-electron chi connectivity index (χ3n) is 7.74. The van der Waals surface area contributed by atoms with Crippen molar-refractivity contribution in [2.45, 2.75) is 32.1 Å². The SMILES string of the molecule is COc1ccccc1-c1cc(CCCCN2C(=O)c3ccccc3C2=O)ncc1C(=O)Nc1nnc(OCC2=CC=C(Cl)CC2)s1. The van der Waals surface area contributed by atoms with E-state index in [0.717, 1.165) is 46.0 Å². The number of hydrogen-bond acceptors (Lipinski definition) is 9. The summed E-state index contributed by atoms with van der Waals surface area (Å²) < 4.78 is 11.4. The maximum absolute atomic E-state index is 13.5. The molecule has 10 nitrogen and oxygen atoms in total. The highest BCUT2D eigenvalue weighted by molar-refractivity contribution is 7.17. The lowest BCUT2D eigenvalue weighted by Crippen LogP contribution is -2.30. The van der Waals surface area contributed by atoms with E-state index < -0.39 is 5.91 Å². The van der Waals surface area contributed by atoms with E-state index in [4.69, 9.17) is 21.1 Å². The first-order valence-electron chi connectivity index (χ1n) is 14.8. The molecule has 12 heteroatoms. The van der Waals surface area contributed by atoms with Gasteiger partial charge >= 0.3 is 0 Å². The molecule has 234 valence electrons. The van der Waals surface area contributed by atoms with Crippen molar-refractivity contribution in [1.82, 2.24) is 20.1 Å². The highest BCUT2D eigenvalue weighted by Gasteiger charge is 2.34. The van der Waals surface area contributed by atoms with Crippen LogP contribution in [0.15, 0.2) is 83.6 Å². The van der Waals surface area contributed by atoms with Crippen LogP contribution < -0.4 is 14.8 Å². The second-order valence-corrected chi connectivity index (χ2v) is 12.2. The molecule has 0 atom stereocenters. The smallest absolute Gasteiger partial charge is 0.296 e. The Morgan fingerprint density at radius 3 is 2.41 bits per heavy atom. The monoisotopic (exact) mass is 655 g/mol. The average molecular weight is 656 g/mol. The molecule has 1 N–H and O–H groups in total. The summed E-state index contributed by atoms with van der Waals surface area (Å²) in [4.78, 5) is 44.8. The number of carbonyl (C=O) groups excluding carboxylic acids is 3. The van der Waals surface area contributed by atoms with Crippen LogP contribution in [0.2, 0.25) is 0 Å². The van der Waals surface area contributed by atoms with Crippen LogP contribution in [0.25, 0.3) is 11.1 Å². The second-order valence-electron chi connectivity index (χ2n) is 10.7. The van der Waals surface area contributed by atoms with Crippen LogP contribution in [-0.4, -0.2) is 58.1 Å². The van der Waals surface area contributed by atoms with Gasteiger partial charge in [0.2, 0.25) is 5.13 Å². The molecule has 0 saturated carbocycles. The Bertz CT molecular complexity index is 1830. The maximum atomic E-state index is 13.5. The topological polar surface area (TPSA) is 124 Å². The molecular weight excluding hydrogens is 626 g/mol. The number of methoxy groups -OCH3 is 1. The van der Waals surface area contributed by atoms with Crippen molar-refractivity contribution in [2.24, 2.45) is 0 Å². The van der Waals surface area contributed by atoms with E-state index in [1.165, 1.54) is 4.90 Å². The molecule has 1 aliphatic heterocycles. The number of benzene rings is 2. The van der Waals surface area contributed by atoms with E-state index in [0.29, 0.717) is 70.7 Å². The molecule has 3 amide bonds. The number of allylic oxidation sites excluding steroid dienone is 3. The van der Waals surface area contributed by atoms with Crippen molar-refractivity contribution in [3.63, 3.8) is 0 Å². The highest BCUT2D eigenvalue weighted by Crippen LogP contribution is 2.34. The standard InChI is InChI=1S/C34H30ClN5O5S/c1-44-29-12-5-4-9-24(29)27-18-23(8-6-7-17-40-31(42)25-10-2-3-11-26(25)32(40)43)36-19-28(27)30(41)37-33-38-39-34(46-33)45-20-21-13-15-22(35)16-14-21/h2-5,9-13,15,18-19H,6-8,14,16-17,20H2,1H3,(H,37,38,41). The molecule has 2 aliphatic rings. The third kappa shape index (κ3) is 6.85. The lowest BCUT2D eigenvalue weighted by atomic mass is 9.98. The molecule has 2 aromatic heterocycles.